The second kappa shape index (κ2) is 17.8. The number of fused-ring (bicyclic) bond motifs is 2. The fourth-order valence-electron chi connectivity index (χ4n) is 5.22. The van der Waals surface area contributed by atoms with Crippen LogP contribution in [-0.2, 0) is 33.7 Å². The van der Waals surface area contributed by atoms with Crippen molar-refractivity contribution in [2.45, 2.75) is 53.6 Å². The summed E-state index contributed by atoms with van der Waals surface area (Å²) in [5.41, 5.74) is 10.9. The van der Waals surface area contributed by atoms with Crippen molar-refractivity contribution in [3.8, 4) is 22.3 Å². The summed E-state index contributed by atoms with van der Waals surface area (Å²) in [5.74, 6) is 0. The van der Waals surface area contributed by atoms with Crippen molar-refractivity contribution in [3.63, 3.8) is 0 Å². The SMILES string of the molecule is CCc1cc2c(-c3ccccc3C)cccc2[cH-]1.CCc1cc2c(-c3ccccc3C)cccc2[cH-]1.C[Si]C.[Cl][Zr+2][Cl]. The van der Waals surface area contributed by atoms with E-state index in [1.165, 1.54) is 66.1 Å². The summed E-state index contributed by atoms with van der Waals surface area (Å²) >= 11 is -0.826. The molecule has 0 saturated heterocycles. The Labute approximate surface area is 274 Å². The minimum absolute atomic E-state index is 0.826. The molecule has 214 valence electrons. The molecule has 0 aliphatic carbocycles. The molecule has 6 aromatic rings. The molecule has 2 radical (unpaired) electrons. The summed E-state index contributed by atoms with van der Waals surface area (Å²) < 4.78 is 0. The Kier molecular flexibility index (Phi) is 14.5. The van der Waals surface area contributed by atoms with Crippen molar-refractivity contribution < 1.29 is 20.8 Å². The number of rotatable bonds is 4. The Hall–Kier alpha value is -2.22. The molecule has 4 heteroatoms. The van der Waals surface area contributed by atoms with E-state index in [4.69, 9.17) is 17.0 Å². The second-order valence-corrected chi connectivity index (χ2v) is 15.0. The number of hydrogen-bond donors (Lipinski definition) is 0. The van der Waals surface area contributed by atoms with Crippen LogP contribution in [0.4, 0.5) is 0 Å². The molecule has 0 unspecified atom stereocenters. The molecule has 0 nitrogen and oxygen atoms in total. The molecular formula is C38H40Cl2SiZr. The van der Waals surface area contributed by atoms with Gasteiger partial charge in [0.05, 0.1) is 0 Å². The molecule has 0 atom stereocenters. The van der Waals surface area contributed by atoms with Crippen LogP contribution >= 0.6 is 17.0 Å². The van der Waals surface area contributed by atoms with Crippen LogP contribution in [0.3, 0.4) is 0 Å². The first-order valence-corrected chi connectivity index (χ1v) is 22.8. The van der Waals surface area contributed by atoms with Crippen LogP contribution in [0.1, 0.15) is 36.1 Å². The van der Waals surface area contributed by atoms with Crippen LogP contribution in [-0.4, -0.2) is 9.52 Å². The summed E-state index contributed by atoms with van der Waals surface area (Å²) in [6.07, 6.45) is 2.20. The molecule has 0 heterocycles. The first kappa shape index (κ1) is 34.3. The zero-order valence-electron chi connectivity index (χ0n) is 25.6. The fourth-order valence-corrected chi connectivity index (χ4v) is 5.22. The van der Waals surface area contributed by atoms with Gasteiger partial charge < -0.3 is 0 Å². The zero-order valence-corrected chi connectivity index (χ0v) is 30.5. The third-order valence-corrected chi connectivity index (χ3v) is 7.31. The quantitative estimate of drug-likeness (QED) is 0.128. The number of aryl methyl sites for hydroxylation is 4. The Morgan fingerprint density at radius 3 is 1.24 bits per heavy atom. The van der Waals surface area contributed by atoms with E-state index >= 15 is 0 Å². The second-order valence-electron chi connectivity index (χ2n) is 10.3. The van der Waals surface area contributed by atoms with E-state index in [1.54, 1.807) is 0 Å². The van der Waals surface area contributed by atoms with E-state index in [2.05, 4.69) is 150 Å². The summed E-state index contributed by atoms with van der Waals surface area (Å²) in [5, 5.41) is 5.47. The van der Waals surface area contributed by atoms with Gasteiger partial charge in [-0.15, -0.1) is 69.1 Å². The summed E-state index contributed by atoms with van der Waals surface area (Å²) in [7, 11) is 11.0. The molecular weight excluding hydrogens is 647 g/mol. The normalized spacial score (nSPS) is 10.1. The fraction of sp³-hybridized carbons (Fsp3) is 0.211. The van der Waals surface area contributed by atoms with E-state index in [-0.39, 0.29) is 0 Å². The van der Waals surface area contributed by atoms with Crippen LogP contribution in [0, 0.1) is 13.8 Å². The van der Waals surface area contributed by atoms with Gasteiger partial charge in [-0.2, -0.15) is 12.1 Å². The molecule has 0 N–H and O–H groups in total. The maximum absolute atomic E-state index is 4.93. The summed E-state index contributed by atoms with van der Waals surface area (Å²) in [4.78, 5) is 0. The molecule has 6 rings (SSSR count). The number of benzene rings is 4. The van der Waals surface area contributed by atoms with Crippen LogP contribution in [0.15, 0.2) is 109 Å². The van der Waals surface area contributed by atoms with Gasteiger partial charge in [0.25, 0.3) is 0 Å². The van der Waals surface area contributed by atoms with E-state index in [1.807, 2.05) is 0 Å². The first-order valence-electron chi connectivity index (χ1n) is 14.5. The van der Waals surface area contributed by atoms with Gasteiger partial charge in [-0.05, 0) is 48.9 Å². The number of hydrogen-bond acceptors (Lipinski definition) is 0. The van der Waals surface area contributed by atoms with Crippen molar-refractivity contribution in [1.29, 1.82) is 0 Å². The van der Waals surface area contributed by atoms with E-state index < -0.39 is 20.8 Å². The van der Waals surface area contributed by atoms with Crippen molar-refractivity contribution in [2.24, 2.45) is 0 Å². The summed E-state index contributed by atoms with van der Waals surface area (Å²) in [6, 6.07) is 39.6. The predicted octanol–water partition coefficient (Wildman–Crippen LogP) is 12.4. The van der Waals surface area contributed by atoms with Crippen molar-refractivity contribution >= 4 is 48.1 Å². The van der Waals surface area contributed by atoms with E-state index in [9.17, 15) is 0 Å². The maximum atomic E-state index is 4.93. The topological polar surface area (TPSA) is 0 Å². The molecule has 0 aromatic heterocycles. The van der Waals surface area contributed by atoms with Gasteiger partial charge in [0, 0.05) is 9.52 Å². The third-order valence-electron chi connectivity index (χ3n) is 7.31. The molecule has 0 amide bonds. The van der Waals surface area contributed by atoms with Crippen LogP contribution < -0.4 is 0 Å². The average Bonchev–Trinajstić information content (AvgIpc) is 3.63. The molecule has 6 aromatic carbocycles. The molecule has 0 aliphatic heterocycles. The molecule has 42 heavy (non-hydrogen) atoms. The van der Waals surface area contributed by atoms with Crippen molar-refractivity contribution in [2.75, 3.05) is 0 Å². The first-order chi connectivity index (χ1) is 20.4. The molecule has 0 spiro atoms. The van der Waals surface area contributed by atoms with Crippen molar-refractivity contribution in [1.82, 2.24) is 0 Å². The van der Waals surface area contributed by atoms with Gasteiger partial charge in [0.2, 0.25) is 0 Å². The van der Waals surface area contributed by atoms with Gasteiger partial charge >= 0.3 is 37.9 Å². The Balaban J connectivity index is 0.000000195. The average molecular weight is 687 g/mol. The van der Waals surface area contributed by atoms with E-state index in [0.29, 0.717) is 0 Å². The Morgan fingerprint density at radius 1 is 0.571 bits per heavy atom. The standard InChI is InChI=1S/2C18H17.C2H6Si.2ClH.Zr/c2*1-3-14-11-15-8-6-10-17(18(15)12-14)16-9-5-4-7-13(16)2;1-3-2;;;/h2*4-12H,3H2,1-2H3;1-2H3;2*1H;/q2*-1;;;;+4/p-2. The molecule has 0 aliphatic rings. The Bertz CT molecular complexity index is 1550. The minimum atomic E-state index is -0.826. The van der Waals surface area contributed by atoms with Crippen LogP contribution in [0.2, 0.25) is 13.1 Å². The van der Waals surface area contributed by atoms with Gasteiger partial charge in [-0.3, -0.25) is 0 Å². The van der Waals surface area contributed by atoms with E-state index in [0.717, 1.165) is 22.4 Å². The Morgan fingerprint density at radius 2 is 0.905 bits per heavy atom. The van der Waals surface area contributed by atoms with Gasteiger partial charge in [-0.1, -0.05) is 98.7 Å². The van der Waals surface area contributed by atoms with Crippen LogP contribution in [0.5, 0.6) is 0 Å². The van der Waals surface area contributed by atoms with Gasteiger partial charge in [0.1, 0.15) is 0 Å². The third kappa shape index (κ3) is 8.90. The predicted molar refractivity (Wildman–Crippen MR) is 187 cm³/mol. The van der Waals surface area contributed by atoms with Crippen molar-refractivity contribution in [3.05, 3.63) is 131 Å². The molecule has 0 fully saturated rings. The monoisotopic (exact) mass is 684 g/mol. The summed E-state index contributed by atoms with van der Waals surface area (Å²) in [6.45, 7) is 13.1. The number of halogens is 2. The molecule has 0 bridgehead atoms. The van der Waals surface area contributed by atoms with Gasteiger partial charge in [0.15, 0.2) is 0 Å². The van der Waals surface area contributed by atoms with Crippen LogP contribution in [0.25, 0.3) is 43.8 Å². The molecule has 0 saturated carbocycles. The zero-order chi connectivity index (χ0) is 30.5. The van der Waals surface area contributed by atoms with Gasteiger partial charge in [-0.25, -0.2) is 0 Å².